The summed E-state index contributed by atoms with van der Waals surface area (Å²) in [5, 5.41) is 35.2. The van der Waals surface area contributed by atoms with Crippen molar-refractivity contribution in [2.75, 3.05) is 20.0 Å². The van der Waals surface area contributed by atoms with Crippen LogP contribution in [0.25, 0.3) is 0 Å². The van der Waals surface area contributed by atoms with E-state index in [1.54, 1.807) is 6.07 Å². The van der Waals surface area contributed by atoms with Crippen LogP contribution in [0.5, 0.6) is 0 Å². The van der Waals surface area contributed by atoms with Gasteiger partial charge in [-0.1, -0.05) is 0 Å². The number of anilines is 1. The Morgan fingerprint density at radius 2 is 1.31 bits per heavy atom. The zero-order valence-electron chi connectivity index (χ0n) is 28.8. The third kappa shape index (κ3) is 9.96. The molecule has 4 aromatic heterocycles. The Labute approximate surface area is 294 Å². The van der Waals surface area contributed by atoms with Crippen molar-refractivity contribution in [1.29, 1.82) is 0 Å². The summed E-state index contributed by atoms with van der Waals surface area (Å²) in [7, 11) is 2.76. The van der Waals surface area contributed by atoms with Crippen LogP contribution >= 0.6 is 15.9 Å². The molecule has 13 nitrogen and oxygen atoms in total. The van der Waals surface area contributed by atoms with E-state index in [0.29, 0.717) is 66.8 Å². The maximum Gasteiger partial charge on any atom is 0.308 e. The van der Waals surface area contributed by atoms with E-state index in [1.165, 1.54) is 14.2 Å². The van der Waals surface area contributed by atoms with E-state index in [2.05, 4.69) is 46.3 Å². The quantitative estimate of drug-likeness (QED) is 0.134. The first-order valence-electron chi connectivity index (χ1n) is 16.1. The van der Waals surface area contributed by atoms with E-state index in [4.69, 9.17) is 15.2 Å². The minimum Gasteiger partial charge on any atom is -0.469 e. The van der Waals surface area contributed by atoms with Gasteiger partial charge in [0.2, 0.25) is 0 Å². The lowest BCUT2D eigenvalue weighted by Gasteiger charge is -2.23. The van der Waals surface area contributed by atoms with E-state index in [-0.39, 0.29) is 23.8 Å². The minimum absolute atomic E-state index is 0.235. The Hall–Kier alpha value is -4.14. The van der Waals surface area contributed by atoms with Crippen LogP contribution in [-0.4, -0.2) is 66.7 Å². The summed E-state index contributed by atoms with van der Waals surface area (Å²) >= 11 is 3.33. The van der Waals surface area contributed by atoms with Gasteiger partial charge in [0, 0.05) is 29.6 Å². The fourth-order valence-corrected chi connectivity index (χ4v) is 6.92. The van der Waals surface area contributed by atoms with Crippen molar-refractivity contribution >= 4 is 33.7 Å². The SMILES string of the molecule is COC(=O)[C@@H]1CC[C@@](O)(c2cc(C)cc(Br)n2)C1.COC(=O)[C@@H]1CC[C@@](O)(c2cc(C)cc(Cc3cc(C)[nH]n3)n2)C1.Cc1cc(N)n[nH]1. The van der Waals surface area contributed by atoms with Gasteiger partial charge < -0.3 is 25.4 Å². The van der Waals surface area contributed by atoms with Gasteiger partial charge in [-0.05, 0) is 124 Å². The third-order valence-electron chi connectivity index (χ3n) is 8.81. The second kappa shape index (κ2) is 16.0. The number of halogens is 1. The number of nitrogens with one attached hydrogen (secondary N) is 2. The zero-order valence-corrected chi connectivity index (χ0v) is 30.4. The molecular formula is C35H46BrN7O6. The molecule has 4 heterocycles. The standard InChI is InChI=1S/C18H23N3O3.C13H16BrNO3.C4H7N3/c1-11-6-14(9-15-8-12(2)20-21-15)19-16(7-11)18(23)5-4-13(10-18)17(22)24-3;1-8-5-10(15-11(14)6-8)13(17)4-3-9(7-13)12(16)18-2;1-3-2-4(5)7-6-3/h6-8,13,23H,4-5,9-10H2,1-3H3,(H,20,21);5-6,9,17H,3-4,7H2,1-2H3;2H,1H3,(H3,5,6,7)/t13-,18+;9-,13+;/m11./s1. The number of aromatic amines is 2. The Morgan fingerprint density at radius 1 is 0.796 bits per heavy atom. The van der Waals surface area contributed by atoms with E-state index in [9.17, 15) is 19.8 Å². The fourth-order valence-electron chi connectivity index (χ4n) is 6.37. The first-order chi connectivity index (χ1) is 23.1. The molecule has 0 amide bonds. The minimum atomic E-state index is -1.07. The number of aromatic nitrogens is 6. The van der Waals surface area contributed by atoms with Crippen molar-refractivity contribution in [3.8, 4) is 0 Å². The molecule has 2 saturated carbocycles. The molecule has 2 aliphatic rings. The highest BCUT2D eigenvalue weighted by Gasteiger charge is 2.44. The molecule has 14 heteroatoms. The average Bonchev–Trinajstić information content (AvgIpc) is 3.85. The van der Waals surface area contributed by atoms with Crippen molar-refractivity contribution in [1.82, 2.24) is 30.4 Å². The predicted octanol–water partition coefficient (Wildman–Crippen LogP) is 4.79. The second-order valence-corrected chi connectivity index (χ2v) is 13.9. The van der Waals surface area contributed by atoms with Gasteiger partial charge in [-0.25, -0.2) is 4.98 Å². The van der Waals surface area contributed by atoms with Crippen molar-refractivity contribution in [3.63, 3.8) is 0 Å². The average molecular weight is 741 g/mol. The van der Waals surface area contributed by atoms with Crippen molar-refractivity contribution < 1.29 is 29.3 Å². The number of rotatable bonds is 6. The molecule has 6 rings (SSSR count). The molecule has 0 bridgehead atoms. The number of nitrogens with two attached hydrogens (primary N) is 1. The van der Waals surface area contributed by atoms with Crippen LogP contribution < -0.4 is 5.73 Å². The summed E-state index contributed by atoms with van der Waals surface area (Å²) in [6.45, 7) is 7.80. The fraction of sp³-hybridized carbons (Fsp3) is 0.486. The van der Waals surface area contributed by atoms with Crippen LogP contribution in [0.2, 0.25) is 0 Å². The Bertz CT molecular complexity index is 1720. The van der Waals surface area contributed by atoms with Gasteiger partial charge >= 0.3 is 11.9 Å². The molecule has 0 radical (unpaired) electrons. The largest absolute Gasteiger partial charge is 0.469 e. The number of carbonyl (C=O) groups excluding carboxylic acids is 2. The highest BCUT2D eigenvalue weighted by molar-refractivity contribution is 9.10. The maximum absolute atomic E-state index is 11.7. The summed E-state index contributed by atoms with van der Waals surface area (Å²) in [5.41, 5.74) is 10.3. The summed E-state index contributed by atoms with van der Waals surface area (Å²) in [4.78, 5) is 32.2. The highest BCUT2D eigenvalue weighted by atomic mass is 79.9. The number of aliphatic hydroxyl groups is 2. The lowest BCUT2D eigenvalue weighted by Crippen LogP contribution is -2.25. The molecule has 2 fully saturated rings. The molecule has 6 N–H and O–H groups in total. The van der Waals surface area contributed by atoms with E-state index < -0.39 is 11.2 Å². The van der Waals surface area contributed by atoms with Gasteiger partial charge in [-0.3, -0.25) is 24.8 Å². The number of nitrogens with zero attached hydrogens (tertiary/aromatic N) is 4. The number of carbonyl (C=O) groups is 2. The Kier molecular flexibility index (Phi) is 12.3. The molecule has 0 aliphatic heterocycles. The van der Waals surface area contributed by atoms with Crippen LogP contribution in [0, 0.1) is 39.5 Å². The number of nitrogen functional groups attached to an aromatic ring is 1. The molecule has 0 spiro atoms. The lowest BCUT2D eigenvalue weighted by atomic mass is 9.94. The number of hydrogen-bond acceptors (Lipinski definition) is 11. The van der Waals surface area contributed by atoms with Gasteiger partial charge in [0.1, 0.15) is 21.6 Å². The monoisotopic (exact) mass is 739 g/mol. The zero-order chi connectivity index (χ0) is 35.9. The van der Waals surface area contributed by atoms with Gasteiger partial charge in [-0.2, -0.15) is 10.2 Å². The van der Waals surface area contributed by atoms with Gasteiger partial charge in [0.05, 0.1) is 43.1 Å². The van der Waals surface area contributed by atoms with Crippen LogP contribution in [0.15, 0.2) is 41.0 Å². The first-order valence-corrected chi connectivity index (χ1v) is 16.9. The lowest BCUT2D eigenvalue weighted by molar-refractivity contribution is -0.146. The van der Waals surface area contributed by atoms with Crippen LogP contribution in [0.1, 0.15) is 83.8 Å². The van der Waals surface area contributed by atoms with Crippen molar-refractivity contribution in [2.24, 2.45) is 11.8 Å². The van der Waals surface area contributed by atoms with Crippen LogP contribution in [-0.2, 0) is 36.7 Å². The van der Waals surface area contributed by atoms with Crippen molar-refractivity contribution in [2.45, 2.75) is 83.8 Å². The first kappa shape index (κ1) is 37.7. The Morgan fingerprint density at radius 3 is 1.73 bits per heavy atom. The summed E-state index contributed by atoms with van der Waals surface area (Å²) in [5.74, 6) is -0.457. The highest BCUT2D eigenvalue weighted by Crippen LogP contribution is 2.43. The normalized spacial score (nSPS) is 22.8. The Balaban J connectivity index is 0.000000189. The molecule has 4 aromatic rings. The van der Waals surface area contributed by atoms with Crippen molar-refractivity contribution in [3.05, 3.63) is 86.3 Å². The molecule has 49 heavy (non-hydrogen) atoms. The molecule has 2 aliphatic carbocycles. The van der Waals surface area contributed by atoms with Gasteiger partial charge in [0.15, 0.2) is 0 Å². The van der Waals surface area contributed by atoms with E-state index in [0.717, 1.165) is 33.9 Å². The number of H-pyrrole nitrogens is 2. The van der Waals surface area contributed by atoms with E-state index >= 15 is 0 Å². The molecule has 4 atom stereocenters. The molecule has 264 valence electrons. The number of ether oxygens (including phenoxy) is 2. The smallest absolute Gasteiger partial charge is 0.308 e. The summed E-state index contributed by atoms with van der Waals surface area (Å²) < 4.78 is 10.2. The van der Waals surface area contributed by atoms with Crippen LogP contribution in [0.3, 0.4) is 0 Å². The predicted molar refractivity (Wildman–Crippen MR) is 186 cm³/mol. The second-order valence-electron chi connectivity index (χ2n) is 13.1. The molecule has 0 aromatic carbocycles. The molecule has 0 unspecified atom stereocenters. The topological polar surface area (TPSA) is 202 Å². The number of pyridine rings is 2. The van der Waals surface area contributed by atoms with Gasteiger partial charge in [0.25, 0.3) is 0 Å². The third-order valence-corrected chi connectivity index (χ3v) is 9.22. The number of methoxy groups -OCH3 is 2. The van der Waals surface area contributed by atoms with Crippen LogP contribution in [0.4, 0.5) is 5.82 Å². The van der Waals surface area contributed by atoms with Gasteiger partial charge in [-0.15, -0.1) is 0 Å². The van der Waals surface area contributed by atoms with E-state index in [1.807, 2.05) is 58.0 Å². The number of hydrogen-bond donors (Lipinski definition) is 5. The number of esters is 2. The maximum atomic E-state index is 11.7. The molecular weight excluding hydrogens is 694 g/mol. The summed E-state index contributed by atoms with van der Waals surface area (Å²) in [6, 6.07) is 11.4. The summed E-state index contributed by atoms with van der Waals surface area (Å²) in [6.07, 6.45) is 3.65. The molecule has 0 saturated heterocycles. The number of aryl methyl sites for hydroxylation is 4.